The summed E-state index contributed by atoms with van der Waals surface area (Å²) in [6.07, 6.45) is 0.931. The number of hydrogen-bond donors (Lipinski definition) is 5. The molecule has 0 aliphatic rings. The standard InChI is InChI=1S/C10H15N3O7/c1-2-6(14)13(4-11-3-7(15)16)5-12-8(9(17)18)10(19)20/h2,8,11-12H,1,3-5H2,(H,15,16)(H,17,18)(H,19,20). The second-order valence-corrected chi connectivity index (χ2v) is 3.53. The fourth-order valence-corrected chi connectivity index (χ4v) is 1.12. The van der Waals surface area contributed by atoms with Crippen LogP contribution in [-0.2, 0) is 19.2 Å². The SMILES string of the molecule is C=CC(=O)N(CNCC(=O)O)CNC(C(=O)O)C(=O)O. The highest BCUT2D eigenvalue weighted by Gasteiger charge is 2.26. The Morgan fingerprint density at radius 3 is 2.05 bits per heavy atom. The van der Waals surface area contributed by atoms with Gasteiger partial charge in [-0.1, -0.05) is 6.58 Å². The summed E-state index contributed by atoms with van der Waals surface area (Å²) in [6, 6.07) is -1.88. The number of aliphatic carboxylic acids is 3. The molecule has 5 N–H and O–H groups in total. The molecule has 0 bridgehead atoms. The summed E-state index contributed by atoms with van der Waals surface area (Å²) in [5, 5.41) is 30.3. The number of hydrogen-bond acceptors (Lipinski definition) is 6. The van der Waals surface area contributed by atoms with E-state index in [1.807, 2.05) is 0 Å². The van der Waals surface area contributed by atoms with E-state index >= 15 is 0 Å². The third-order valence-corrected chi connectivity index (χ3v) is 2.05. The molecule has 0 unspecified atom stereocenters. The minimum Gasteiger partial charge on any atom is -0.480 e. The van der Waals surface area contributed by atoms with Crippen LogP contribution in [0.15, 0.2) is 12.7 Å². The van der Waals surface area contributed by atoms with Gasteiger partial charge in [0, 0.05) is 0 Å². The van der Waals surface area contributed by atoms with E-state index in [4.69, 9.17) is 15.3 Å². The van der Waals surface area contributed by atoms with Gasteiger partial charge in [-0.15, -0.1) is 0 Å². The van der Waals surface area contributed by atoms with E-state index in [1.165, 1.54) is 0 Å². The number of carbonyl (C=O) groups is 4. The number of carbonyl (C=O) groups excluding carboxylic acids is 1. The Morgan fingerprint density at radius 2 is 1.65 bits per heavy atom. The first kappa shape index (κ1) is 17.5. The van der Waals surface area contributed by atoms with Gasteiger partial charge in [-0.25, -0.2) is 9.59 Å². The van der Waals surface area contributed by atoms with E-state index < -0.39 is 43.1 Å². The highest BCUT2D eigenvalue weighted by atomic mass is 16.4. The molecule has 0 atom stereocenters. The molecule has 0 saturated heterocycles. The Labute approximate surface area is 113 Å². The van der Waals surface area contributed by atoms with Crippen LogP contribution in [-0.4, -0.2) is 70.0 Å². The maximum atomic E-state index is 11.4. The van der Waals surface area contributed by atoms with E-state index in [-0.39, 0.29) is 6.67 Å². The minimum absolute atomic E-state index is 0.212. The van der Waals surface area contributed by atoms with Gasteiger partial charge in [0.2, 0.25) is 11.9 Å². The molecule has 0 saturated carbocycles. The summed E-state index contributed by atoms with van der Waals surface area (Å²) >= 11 is 0. The van der Waals surface area contributed by atoms with Crippen molar-refractivity contribution in [1.29, 1.82) is 0 Å². The van der Waals surface area contributed by atoms with Gasteiger partial charge in [-0.3, -0.25) is 20.2 Å². The van der Waals surface area contributed by atoms with E-state index in [9.17, 15) is 19.2 Å². The van der Waals surface area contributed by atoms with Crippen LogP contribution in [0.25, 0.3) is 0 Å². The van der Waals surface area contributed by atoms with Crippen molar-refractivity contribution in [3.05, 3.63) is 12.7 Å². The fraction of sp³-hybridized carbons (Fsp3) is 0.400. The van der Waals surface area contributed by atoms with Gasteiger partial charge in [-0.2, -0.15) is 0 Å². The van der Waals surface area contributed by atoms with Crippen molar-refractivity contribution in [3.63, 3.8) is 0 Å². The lowest BCUT2D eigenvalue weighted by atomic mass is 10.3. The lowest BCUT2D eigenvalue weighted by Gasteiger charge is -2.23. The molecule has 0 aliphatic carbocycles. The van der Waals surface area contributed by atoms with E-state index in [0.29, 0.717) is 0 Å². The molecule has 0 aromatic rings. The topological polar surface area (TPSA) is 156 Å². The molecule has 0 aromatic heterocycles. The average molecular weight is 289 g/mol. The van der Waals surface area contributed by atoms with Crippen LogP contribution in [0, 0.1) is 0 Å². The molecule has 10 nitrogen and oxygen atoms in total. The average Bonchev–Trinajstić information content (AvgIpc) is 2.34. The molecule has 1 amide bonds. The monoisotopic (exact) mass is 289 g/mol. The quantitative estimate of drug-likeness (QED) is 0.170. The molecule has 112 valence electrons. The van der Waals surface area contributed by atoms with Crippen molar-refractivity contribution in [2.75, 3.05) is 19.9 Å². The predicted octanol–water partition coefficient (Wildman–Crippen LogP) is -2.28. The molecular formula is C10H15N3O7. The number of nitrogens with zero attached hydrogens (tertiary/aromatic N) is 1. The molecule has 0 fully saturated rings. The lowest BCUT2D eigenvalue weighted by Crippen LogP contribution is -2.51. The Bertz CT molecular complexity index is 396. The number of rotatable bonds is 10. The first-order valence-electron chi connectivity index (χ1n) is 5.32. The number of nitrogens with one attached hydrogen (secondary N) is 2. The molecule has 0 aliphatic heterocycles. The molecule has 0 aromatic carbocycles. The third-order valence-electron chi connectivity index (χ3n) is 2.05. The number of carboxylic acids is 3. The van der Waals surface area contributed by atoms with Crippen molar-refractivity contribution in [2.24, 2.45) is 0 Å². The van der Waals surface area contributed by atoms with Crippen molar-refractivity contribution >= 4 is 23.8 Å². The largest absolute Gasteiger partial charge is 0.480 e. The zero-order valence-electron chi connectivity index (χ0n) is 10.4. The van der Waals surface area contributed by atoms with Crippen LogP contribution in [0.2, 0.25) is 0 Å². The van der Waals surface area contributed by atoms with Gasteiger partial charge in [0.15, 0.2) is 0 Å². The molecular weight excluding hydrogens is 274 g/mol. The molecule has 10 heteroatoms. The number of amides is 1. The summed E-state index contributed by atoms with van der Waals surface area (Å²) in [4.78, 5) is 44.0. The zero-order chi connectivity index (χ0) is 15.7. The van der Waals surface area contributed by atoms with Crippen LogP contribution < -0.4 is 10.6 Å². The van der Waals surface area contributed by atoms with Gasteiger partial charge in [0.1, 0.15) is 0 Å². The maximum Gasteiger partial charge on any atom is 0.332 e. The summed E-state index contributed by atoms with van der Waals surface area (Å²) in [6.45, 7) is 2.20. The normalized spacial score (nSPS) is 10.1. The Hall–Kier alpha value is -2.46. The van der Waals surface area contributed by atoms with E-state index in [2.05, 4.69) is 17.2 Å². The molecule has 0 spiro atoms. The summed E-state index contributed by atoms with van der Waals surface area (Å²) in [5.74, 6) is -4.98. The molecule has 0 radical (unpaired) electrons. The highest BCUT2D eigenvalue weighted by molar-refractivity contribution is 5.97. The molecule has 20 heavy (non-hydrogen) atoms. The smallest absolute Gasteiger partial charge is 0.332 e. The van der Waals surface area contributed by atoms with Crippen LogP contribution in [0.1, 0.15) is 0 Å². The second kappa shape index (κ2) is 8.61. The van der Waals surface area contributed by atoms with Crippen molar-refractivity contribution in [3.8, 4) is 0 Å². The van der Waals surface area contributed by atoms with Crippen LogP contribution in [0.5, 0.6) is 0 Å². The van der Waals surface area contributed by atoms with Crippen LogP contribution in [0.4, 0.5) is 0 Å². The van der Waals surface area contributed by atoms with Crippen LogP contribution in [0.3, 0.4) is 0 Å². The van der Waals surface area contributed by atoms with Gasteiger partial charge < -0.3 is 20.2 Å². The Kier molecular flexibility index (Phi) is 7.55. The molecule has 0 heterocycles. The fourth-order valence-electron chi connectivity index (χ4n) is 1.12. The van der Waals surface area contributed by atoms with E-state index in [0.717, 1.165) is 11.0 Å². The summed E-state index contributed by atoms with van der Waals surface area (Å²) < 4.78 is 0. The van der Waals surface area contributed by atoms with Gasteiger partial charge >= 0.3 is 17.9 Å². The maximum absolute atomic E-state index is 11.4. The van der Waals surface area contributed by atoms with Crippen LogP contribution >= 0.6 is 0 Å². The Balaban J connectivity index is 4.53. The zero-order valence-corrected chi connectivity index (χ0v) is 10.4. The molecule has 0 rings (SSSR count). The highest BCUT2D eigenvalue weighted by Crippen LogP contribution is 1.91. The van der Waals surface area contributed by atoms with Gasteiger partial charge in [0.05, 0.1) is 19.9 Å². The van der Waals surface area contributed by atoms with Crippen molar-refractivity contribution in [1.82, 2.24) is 15.5 Å². The van der Waals surface area contributed by atoms with Crippen molar-refractivity contribution in [2.45, 2.75) is 6.04 Å². The number of carboxylic acid groups (broad SMARTS) is 3. The lowest BCUT2D eigenvalue weighted by molar-refractivity contribution is -0.152. The van der Waals surface area contributed by atoms with E-state index in [1.54, 1.807) is 0 Å². The summed E-state index contributed by atoms with van der Waals surface area (Å²) in [7, 11) is 0. The Morgan fingerprint density at radius 1 is 1.10 bits per heavy atom. The second-order valence-electron chi connectivity index (χ2n) is 3.53. The predicted molar refractivity (Wildman–Crippen MR) is 64.6 cm³/mol. The summed E-state index contributed by atoms with van der Waals surface area (Å²) in [5.41, 5.74) is 0. The van der Waals surface area contributed by atoms with Gasteiger partial charge in [-0.05, 0) is 6.08 Å². The van der Waals surface area contributed by atoms with Gasteiger partial charge in [0.25, 0.3) is 0 Å². The van der Waals surface area contributed by atoms with Crippen molar-refractivity contribution < 1.29 is 34.5 Å². The first-order valence-corrected chi connectivity index (χ1v) is 5.32. The minimum atomic E-state index is -1.88. The third kappa shape index (κ3) is 6.47. The first-order chi connectivity index (χ1) is 9.29.